The molecule has 188 valence electrons. The number of benzene rings is 1. The van der Waals surface area contributed by atoms with Crippen molar-refractivity contribution in [1.82, 2.24) is 29.4 Å². The van der Waals surface area contributed by atoms with Crippen LogP contribution < -0.4 is 11.1 Å². The fraction of sp³-hybridized carbons (Fsp3) is 0.207. The Morgan fingerprint density at radius 3 is 2.53 bits per heavy atom. The number of pyridine rings is 3. The van der Waals surface area contributed by atoms with Crippen LogP contribution in [-0.4, -0.2) is 48.5 Å². The average molecular weight is 502 g/mol. The molecule has 1 fully saturated rings. The first kappa shape index (κ1) is 23.6. The third-order valence-electron chi connectivity index (χ3n) is 6.93. The number of piperidine rings is 1. The number of likely N-dealkylation sites (tertiary alicyclic amines) is 1. The molecule has 1 aliphatic heterocycles. The van der Waals surface area contributed by atoms with E-state index < -0.39 is 0 Å². The van der Waals surface area contributed by atoms with E-state index in [0.29, 0.717) is 17.6 Å². The standard InChI is InChI=1S/C29H27N9/c30-18-23-17-22(9-14-32-23)35-21-10-15-37(16-11-21)19-20-5-7-24(8-6-20)38-28(25-3-1-12-33-27(25)31)36-26-4-2-13-34-29(26)38/h1-9,12-14,17,21H,10-11,15-16,19H2,(H2,31,33)(H,32,35). The van der Waals surface area contributed by atoms with Crippen LogP contribution in [-0.2, 0) is 6.54 Å². The molecule has 38 heavy (non-hydrogen) atoms. The SMILES string of the molecule is N#Cc1cc(NC2CCN(Cc3ccc(-n4c(-c5cccnc5N)nc5cccnc54)cc3)CC2)ccn1. The highest BCUT2D eigenvalue weighted by molar-refractivity contribution is 5.82. The first-order valence-corrected chi connectivity index (χ1v) is 12.7. The van der Waals surface area contributed by atoms with Gasteiger partial charge in [-0.25, -0.2) is 19.9 Å². The number of aromatic nitrogens is 5. The van der Waals surface area contributed by atoms with E-state index in [1.165, 1.54) is 5.56 Å². The number of hydrogen-bond acceptors (Lipinski definition) is 8. The number of nitrogens with two attached hydrogens (primary N) is 1. The van der Waals surface area contributed by atoms with Crippen molar-refractivity contribution in [3.05, 3.63) is 90.5 Å². The van der Waals surface area contributed by atoms with E-state index >= 15 is 0 Å². The van der Waals surface area contributed by atoms with Crippen molar-refractivity contribution in [2.45, 2.75) is 25.4 Å². The molecule has 9 heteroatoms. The van der Waals surface area contributed by atoms with E-state index in [0.717, 1.165) is 66.4 Å². The molecule has 1 saturated heterocycles. The van der Waals surface area contributed by atoms with Crippen LogP contribution in [0.5, 0.6) is 0 Å². The summed E-state index contributed by atoms with van der Waals surface area (Å²) in [5.41, 5.74) is 12.2. The van der Waals surface area contributed by atoms with E-state index in [1.807, 2.05) is 34.9 Å². The van der Waals surface area contributed by atoms with Gasteiger partial charge in [-0.2, -0.15) is 5.26 Å². The fourth-order valence-corrected chi connectivity index (χ4v) is 5.01. The highest BCUT2D eigenvalue weighted by atomic mass is 15.1. The minimum absolute atomic E-state index is 0.392. The molecule has 0 atom stereocenters. The topological polar surface area (TPSA) is 122 Å². The summed E-state index contributed by atoms with van der Waals surface area (Å²) in [5, 5.41) is 12.6. The molecule has 0 aliphatic carbocycles. The summed E-state index contributed by atoms with van der Waals surface area (Å²) in [6, 6.07) is 22.4. The lowest BCUT2D eigenvalue weighted by Crippen LogP contribution is -2.38. The van der Waals surface area contributed by atoms with Crippen LogP contribution in [0.1, 0.15) is 24.1 Å². The number of anilines is 2. The van der Waals surface area contributed by atoms with Crippen LogP contribution in [0, 0.1) is 11.3 Å². The van der Waals surface area contributed by atoms with Gasteiger partial charge in [-0.05, 0) is 66.9 Å². The second-order valence-electron chi connectivity index (χ2n) is 9.46. The second kappa shape index (κ2) is 10.3. The number of hydrogen-bond donors (Lipinski definition) is 2. The van der Waals surface area contributed by atoms with Crippen molar-refractivity contribution in [2.75, 3.05) is 24.1 Å². The lowest BCUT2D eigenvalue weighted by Gasteiger charge is -2.33. The van der Waals surface area contributed by atoms with Crippen LogP contribution in [0.3, 0.4) is 0 Å². The van der Waals surface area contributed by atoms with Gasteiger partial charge in [0, 0.05) is 55.6 Å². The molecule has 9 nitrogen and oxygen atoms in total. The Morgan fingerprint density at radius 1 is 0.947 bits per heavy atom. The molecule has 5 heterocycles. The maximum Gasteiger partial charge on any atom is 0.164 e. The zero-order chi connectivity index (χ0) is 25.9. The third kappa shape index (κ3) is 4.77. The molecule has 4 aromatic heterocycles. The molecule has 6 rings (SSSR count). The third-order valence-corrected chi connectivity index (χ3v) is 6.93. The van der Waals surface area contributed by atoms with Gasteiger partial charge < -0.3 is 11.1 Å². The van der Waals surface area contributed by atoms with Crippen molar-refractivity contribution in [1.29, 1.82) is 5.26 Å². The van der Waals surface area contributed by atoms with E-state index in [-0.39, 0.29) is 0 Å². The number of nitrogens with one attached hydrogen (secondary N) is 1. The summed E-state index contributed by atoms with van der Waals surface area (Å²) in [6.07, 6.45) is 7.23. The predicted octanol–water partition coefficient (Wildman–Crippen LogP) is 4.41. The van der Waals surface area contributed by atoms with Crippen LogP contribution in [0.25, 0.3) is 28.2 Å². The predicted molar refractivity (Wildman–Crippen MR) is 147 cm³/mol. The minimum atomic E-state index is 0.392. The summed E-state index contributed by atoms with van der Waals surface area (Å²) in [4.78, 5) is 20.2. The molecule has 0 spiro atoms. The molecule has 3 N–H and O–H groups in total. The summed E-state index contributed by atoms with van der Waals surface area (Å²) >= 11 is 0. The quantitative estimate of drug-likeness (QED) is 0.351. The second-order valence-corrected chi connectivity index (χ2v) is 9.46. The number of fused-ring (bicyclic) bond motifs is 1. The largest absolute Gasteiger partial charge is 0.383 e. The smallest absolute Gasteiger partial charge is 0.164 e. The van der Waals surface area contributed by atoms with Crippen LogP contribution >= 0.6 is 0 Å². The van der Waals surface area contributed by atoms with Crippen LogP contribution in [0.15, 0.2) is 79.3 Å². The van der Waals surface area contributed by atoms with Gasteiger partial charge in [0.05, 0.1) is 5.56 Å². The van der Waals surface area contributed by atoms with Gasteiger partial charge in [0.1, 0.15) is 23.1 Å². The number of nitrogen functional groups attached to an aromatic ring is 1. The number of rotatable bonds is 6. The molecule has 1 aromatic carbocycles. The maximum absolute atomic E-state index is 9.08. The van der Waals surface area contributed by atoms with Gasteiger partial charge in [-0.3, -0.25) is 9.47 Å². The monoisotopic (exact) mass is 501 g/mol. The van der Waals surface area contributed by atoms with E-state index in [4.69, 9.17) is 16.0 Å². The Labute approximate surface area is 220 Å². The minimum Gasteiger partial charge on any atom is -0.383 e. The molecular formula is C29H27N9. The Bertz CT molecular complexity index is 1610. The van der Waals surface area contributed by atoms with Gasteiger partial charge in [0.25, 0.3) is 0 Å². The molecular weight excluding hydrogens is 474 g/mol. The summed E-state index contributed by atoms with van der Waals surface area (Å²) in [5.74, 6) is 1.16. The summed E-state index contributed by atoms with van der Waals surface area (Å²) < 4.78 is 2.04. The zero-order valence-electron chi connectivity index (χ0n) is 20.8. The Balaban J connectivity index is 1.16. The molecule has 0 saturated carbocycles. The van der Waals surface area contributed by atoms with Gasteiger partial charge in [-0.1, -0.05) is 12.1 Å². The van der Waals surface area contributed by atoms with Crippen LogP contribution in [0.4, 0.5) is 11.5 Å². The highest BCUT2D eigenvalue weighted by Crippen LogP contribution is 2.30. The van der Waals surface area contributed by atoms with Crippen molar-refractivity contribution in [2.24, 2.45) is 0 Å². The average Bonchev–Trinajstić information content (AvgIpc) is 3.34. The molecule has 5 aromatic rings. The lowest BCUT2D eigenvalue weighted by molar-refractivity contribution is 0.211. The lowest BCUT2D eigenvalue weighted by atomic mass is 10.0. The van der Waals surface area contributed by atoms with Gasteiger partial charge in [0.2, 0.25) is 0 Å². The van der Waals surface area contributed by atoms with Crippen molar-refractivity contribution < 1.29 is 0 Å². The van der Waals surface area contributed by atoms with E-state index in [1.54, 1.807) is 24.7 Å². The number of imidazole rings is 1. The molecule has 0 unspecified atom stereocenters. The van der Waals surface area contributed by atoms with Gasteiger partial charge in [0.15, 0.2) is 11.5 Å². The molecule has 0 bridgehead atoms. The van der Waals surface area contributed by atoms with Crippen molar-refractivity contribution in [3.63, 3.8) is 0 Å². The Hall–Kier alpha value is -4.81. The maximum atomic E-state index is 9.08. The van der Waals surface area contributed by atoms with E-state index in [9.17, 15) is 0 Å². The summed E-state index contributed by atoms with van der Waals surface area (Å²) in [7, 11) is 0. The molecule has 0 amide bonds. The van der Waals surface area contributed by atoms with Crippen molar-refractivity contribution >= 4 is 22.7 Å². The first-order chi connectivity index (χ1) is 18.7. The van der Waals surface area contributed by atoms with E-state index in [2.05, 4.69) is 55.5 Å². The Morgan fingerprint density at radius 2 is 1.74 bits per heavy atom. The summed E-state index contributed by atoms with van der Waals surface area (Å²) in [6.45, 7) is 2.92. The van der Waals surface area contributed by atoms with Gasteiger partial charge in [-0.15, -0.1) is 0 Å². The highest BCUT2D eigenvalue weighted by Gasteiger charge is 2.20. The normalized spacial score (nSPS) is 14.4. The zero-order valence-corrected chi connectivity index (χ0v) is 20.8. The fourth-order valence-electron chi connectivity index (χ4n) is 5.01. The number of nitriles is 1. The number of nitrogens with zero attached hydrogens (tertiary/aromatic N) is 7. The Kier molecular flexibility index (Phi) is 6.38. The first-order valence-electron chi connectivity index (χ1n) is 12.7. The van der Waals surface area contributed by atoms with Crippen LogP contribution in [0.2, 0.25) is 0 Å². The molecule has 0 radical (unpaired) electrons. The van der Waals surface area contributed by atoms with Gasteiger partial charge >= 0.3 is 0 Å². The molecule has 1 aliphatic rings. The van der Waals surface area contributed by atoms with Crippen molar-refractivity contribution in [3.8, 4) is 23.1 Å².